The Hall–Kier alpha value is -4.20. The molecule has 1 heteroatoms. The van der Waals surface area contributed by atoms with Crippen molar-refractivity contribution in [3.63, 3.8) is 0 Å². The summed E-state index contributed by atoms with van der Waals surface area (Å²) in [5.74, 6) is 0.359. The molecule has 1 atom stereocenters. The zero-order chi connectivity index (χ0) is 24.8. The molecule has 176 valence electrons. The van der Waals surface area contributed by atoms with Crippen molar-refractivity contribution < 1.29 is 0 Å². The minimum Gasteiger partial charge on any atom is -0.135 e. The third-order valence-electron chi connectivity index (χ3n) is 7.56. The van der Waals surface area contributed by atoms with Gasteiger partial charge in [0, 0.05) is 26.1 Å². The predicted molar refractivity (Wildman–Crippen MR) is 164 cm³/mol. The lowest BCUT2D eigenvalue weighted by molar-refractivity contribution is 0.853. The summed E-state index contributed by atoms with van der Waals surface area (Å²) in [5, 5.41) is 10.3. The summed E-state index contributed by atoms with van der Waals surface area (Å²) in [6.45, 7) is 4.06. The zero-order valence-corrected chi connectivity index (χ0v) is 21.3. The fourth-order valence-electron chi connectivity index (χ4n) is 5.87. The number of thiophene rings is 1. The van der Waals surface area contributed by atoms with Gasteiger partial charge in [-0.1, -0.05) is 110 Å². The SMILES string of the molecule is C=C/C=c1\c(=C/c2cc3sc4ccccc4c3cc2C2C=CC=CC2)c2ccccc2c2ccccc12. The van der Waals surface area contributed by atoms with Gasteiger partial charge in [0.1, 0.15) is 0 Å². The molecule has 0 radical (unpaired) electrons. The van der Waals surface area contributed by atoms with Crippen LogP contribution in [-0.4, -0.2) is 0 Å². The van der Waals surface area contributed by atoms with Gasteiger partial charge in [0.05, 0.1) is 0 Å². The summed E-state index contributed by atoms with van der Waals surface area (Å²) in [6.07, 6.45) is 16.5. The molecule has 0 nitrogen and oxygen atoms in total. The average molecular weight is 491 g/mol. The van der Waals surface area contributed by atoms with Crippen LogP contribution in [-0.2, 0) is 0 Å². The molecule has 1 unspecified atom stereocenters. The van der Waals surface area contributed by atoms with Crippen LogP contribution in [0.25, 0.3) is 53.9 Å². The molecular weight excluding hydrogens is 464 g/mol. The van der Waals surface area contributed by atoms with E-state index in [1.54, 1.807) is 0 Å². The van der Waals surface area contributed by atoms with E-state index in [9.17, 15) is 0 Å². The lowest BCUT2D eigenvalue weighted by Gasteiger charge is -2.17. The zero-order valence-electron chi connectivity index (χ0n) is 20.5. The average Bonchev–Trinajstić information content (AvgIpc) is 3.32. The first-order chi connectivity index (χ1) is 18.3. The second kappa shape index (κ2) is 9.03. The van der Waals surface area contributed by atoms with Crippen molar-refractivity contribution in [1.29, 1.82) is 0 Å². The van der Waals surface area contributed by atoms with Crippen LogP contribution >= 0.6 is 11.3 Å². The van der Waals surface area contributed by atoms with E-state index in [0.717, 1.165) is 6.42 Å². The lowest BCUT2D eigenvalue weighted by Crippen LogP contribution is -2.26. The summed E-state index contributed by atoms with van der Waals surface area (Å²) in [6, 6.07) is 31.2. The lowest BCUT2D eigenvalue weighted by atomic mass is 9.87. The Bertz CT molecular complexity index is 2030. The fraction of sp³-hybridized carbons (Fsp3) is 0.0556. The number of benzene rings is 5. The van der Waals surface area contributed by atoms with Gasteiger partial charge >= 0.3 is 0 Å². The molecule has 0 fully saturated rings. The molecule has 0 saturated carbocycles. The maximum absolute atomic E-state index is 4.06. The molecule has 5 aromatic carbocycles. The Kier molecular flexibility index (Phi) is 5.38. The quantitative estimate of drug-likeness (QED) is 0.218. The molecule has 0 amide bonds. The Morgan fingerprint density at radius 1 is 0.676 bits per heavy atom. The van der Waals surface area contributed by atoms with Crippen LogP contribution in [0.2, 0.25) is 0 Å². The first kappa shape index (κ1) is 22.0. The van der Waals surface area contributed by atoms with E-state index in [4.69, 9.17) is 0 Å². The molecule has 1 aliphatic rings. The van der Waals surface area contributed by atoms with Crippen molar-refractivity contribution in [2.24, 2.45) is 0 Å². The van der Waals surface area contributed by atoms with E-state index < -0.39 is 0 Å². The van der Waals surface area contributed by atoms with Gasteiger partial charge in [-0.3, -0.25) is 0 Å². The highest BCUT2D eigenvalue weighted by Crippen LogP contribution is 2.39. The van der Waals surface area contributed by atoms with Gasteiger partial charge in [0.15, 0.2) is 0 Å². The minimum atomic E-state index is 0.359. The number of hydrogen-bond acceptors (Lipinski definition) is 1. The van der Waals surface area contributed by atoms with Crippen molar-refractivity contribution in [2.75, 3.05) is 0 Å². The van der Waals surface area contributed by atoms with Gasteiger partial charge < -0.3 is 0 Å². The highest BCUT2D eigenvalue weighted by atomic mass is 32.1. The van der Waals surface area contributed by atoms with E-state index in [1.807, 2.05) is 17.4 Å². The fourth-order valence-corrected chi connectivity index (χ4v) is 7.00. The van der Waals surface area contributed by atoms with Crippen molar-refractivity contribution in [2.45, 2.75) is 12.3 Å². The van der Waals surface area contributed by atoms with Crippen LogP contribution in [0, 0.1) is 0 Å². The number of allylic oxidation sites excluding steroid dienone is 5. The summed E-state index contributed by atoms with van der Waals surface area (Å²) in [7, 11) is 0. The maximum atomic E-state index is 4.06. The monoisotopic (exact) mass is 490 g/mol. The molecule has 37 heavy (non-hydrogen) atoms. The van der Waals surface area contributed by atoms with Gasteiger partial charge in [-0.15, -0.1) is 11.3 Å². The number of fused-ring (bicyclic) bond motifs is 6. The summed E-state index contributed by atoms with van der Waals surface area (Å²) >= 11 is 1.89. The summed E-state index contributed by atoms with van der Waals surface area (Å²) in [5.41, 5.74) is 2.68. The number of hydrogen-bond donors (Lipinski definition) is 0. The molecule has 0 N–H and O–H groups in total. The van der Waals surface area contributed by atoms with Crippen LogP contribution in [0.3, 0.4) is 0 Å². The van der Waals surface area contributed by atoms with Gasteiger partial charge in [-0.2, -0.15) is 0 Å². The van der Waals surface area contributed by atoms with Crippen molar-refractivity contribution in [3.05, 3.63) is 143 Å². The normalized spacial score (nSPS) is 16.5. The second-order valence-corrected chi connectivity index (χ2v) is 10.8. The molecule has 0 bridgehead atoms. The second-order valence-electron chi connectivity index (χ2n) is 9.70. The molecule has 0 aliphatic heterocycles. The highest BCUT2D eigenvalue weighted by Gasteiger charge is 2.16. The molecule has 1 heterocycles. The Morgan fingerprint density at radius 3 is 2.05 bits per heavy atom. The van der Waals surface area contributed by atoms with Crippen LogP contribution in [0.1, 0.15) is 23.5 Å². The predicted octanol–water partition coefficient (Wildman–Crippen LogP) is 8.76. The van der Waals surface area contributed by atoms with Crippen molar-refractivity contribution >= 4 is 65.2 Å². The first-order valence-electron chi connectivity index (χ1n) is 12.8. The first-order valence-corrected chi connectivity index (χ1v) is 13.7. The maximum Gasteiger partial charge on any atom is 0.0361 e. The standard InChI is InChI=1S/C36H26S/c1-2-12-26-27-15-6-7-16-28(27)29-17-8-9-18-30(29)33(26)21-25-22-36-34(31-19-10-11-20-35(31)37-36)23-32(25)24-13-4-3-5-14-24/h2-13,15-24H,1,14H2/b26-12-,33-21+. The van der Waals surface area contributed by atoms with Crippen molar-refractivity contribution in [1.82, 2.24) is 0 Å². The molecule has 0 saturated heterocycles. The topological polar surface area (TPSA) is 0 Å². The highest BCUT2D eigenvalue weighted by molar-refractivity contribution is 7.25. The van der Waals surface area contributed by atoms with Gasteiger partial charge in [0.25, 0.3) is 0 Å². The minimum absolute atomic E-state index is 0.359. The third-order valence-corrected chi connectivity index (χ3v) is 8.70. The van der Waals surface area contributed by atoms with Crippen LogP contribution < -0.4 is 10.4 Å². The van der Waals surface area contributed by atoms with Gasteiger partial charge in [0.2, 0.25) is 0 Å². The largest absolute Gasteiger partial charge is 0.135 e. The molecule has 7 rings (SSSR count). The van der Waals surface area contributed by atoms with E-state index >= 15 is 0 Å². The van der Waals surface area contributed by atoms with Crippen molar-refractivity contribution in [3.8, 4) is 0 Å². The van der Waals surface area contributed by atoms with E-state index in [2.05, 4.69) is 128 Å². The summed E-state index contributed by atoms with van der Waals surface area (Å²) < 4.78 is 2.68. The van der Waals surface area contributed by atoms with E-state index in [0.29, 0.717) is 5.92 Å². The molecule has 1 aromatic heterocycles. The van der Waals surface area contributed by atoms with Crippen LogP contribution in [0.4, 0.5) is 0 Å². The molecule has 1 aliphatic carbocycles. The Labute approximate surface area is 220 Å². The molecule has 6 aromatic rings. The summed E-state index contributed by atoms with van der Waals surface area (Å²) in [4.78, 5) is 0. The smallest absolute Gasteiger partial charge is 0.0361 e. The van der Waals surface area contributed by atoms with Gasteiger partial charge in [-0.25, -0.2) is 0 Å². The molecule has 0 spiro atoms. The Morgan fingerprint density at radius 2 is 1.35 bits per heavy atom. The third kappa shape index (κ3) is 3.66. The Balaban J connectivity index is 1.64. The van der Waals surface area contributed by atoms with Gasteiger partial charge in [-0.05, 0) is 73.8 Å². The molecular formula is C36H26S. The van der Waals surface area contributed by atoms with E-state index in [-0.39, 0.29) is 0 Å². The van der Waals surface area contributed by atoms with Crippen LogP contribution in [0.15, 0.2) is 122 Å². The number of rotatable bonds is 3. The van der Waals surface area contributed by atoms with Crippen LogP contribution in [0.5, 0.6) is 0 Å². The van der Waals surface area contributed by atoms with E-state index in [1.165, 1.54) is 63.3 Å².